The summed E-state index contributed by atoms with van der Waals surface area (Å²) in [4.78, 5) is 19.6. The van der Waals surface area contributed by atoms with Gasteiger partial charge in [-0.2, -0.15) is 0 Å². The summed E-state index contributed by atoms with van der Waals surface area (Å²) in [6.45, 7) is 6.53. The molecule has 0 saturated carbocycles. The zero-order valence-electron chi connectivity index (χ0n) is 10.6. The van der Waals surface area contributed by atoms with Crippen LogP contribution in [0.4, 0.5) is 0 Å². The molecule has 0 radical (unpaired) electrons. The smallest absolute Gasteiger partial charge is 0.146 e. The molecule has 0 amide bonds. The lowest BCUT2D eigenvalue weighted by molar-refractivity contribution is -0.104. The molecule has 1 heterocycles. The molecular weight excluding hydrogens is 212 g/mol. The van der Waals surface area contributed by atoms with Crippen molar-refractivity contribution in [3.8, 4) is 0 Å². The van der Waals surface area contributed by atoms with Crippen LogP contribution in [-0.2, 0) is 4.79 Å². The Balaban J connectivity index is 3.19. The molecule has 90 valence electrons. The highest BCUT2D eigenvalue weighted by atomic mass is 16.1. The van der Waals surface area contributed by atoms with Gasteiger partial charge in [0.25, 0.3) is 0 Å². The van der Waals surface area contributed by atoms with E-state index in [0.717, 1.165) is 36.2 Å². The molecular formula is C14H18N2O. The molecule has 0 aliphatic carbocycles. The maximum absolute atomic E-state index is 10.8. The molecule has 1 aromatic rings. The van der Waals surface area contributed by atoms with Crippen LogP contribution in [-0.4, -0.2) is 23.5 Å². The Morgan fingerprint density at radius 3 is 2.71 bits per heavy atom. The first kappa shape index (κ1) is 13.3. The molecule has 0 saturated heterocycles. The van der Waals surface area contributed by atoms with Crippen molar-refractivity contribution in [1.82, 2.24) is 4.98 Å². The highest BCUT2D eigenvalue weighted by Crippen LogP contribution is 2.10. The highest BCUT2D eigenvalue weighted by Gasteiger charge is 2.09. The molecule has 0 spiro atoms. The van der Waals surface area contributed by atoms with Crippen LogP contribution in [0.25, 0.3) is 0 Å². The van der Waals surface area contributed by atoms with Crippen molar-refractivity contribution in [1.29, 1.82) is 0 Å². The fourth-order valence-electron chi connectivity index (χ4n) is 1.39. The van der Waals surface area contributed by atoms with Crippen molar-refractivity contribution < 1.29 is 4.79 Å². The first-order valence-corrected chi connectivity index (χ1v) is 5.79. The number of hydrogen-bond donors (Lipinski definition) is 0. The summed E-state index contributed by atoms with van der Waals surface area (Å²) >= 11 is 0. The molecule has 1 aromatic heterocycles. The lowest BCUT2D eigenvalue weighted by Gasteiger charge is -2.07. The number of carbonyl (C=O) groups is 1. The van der Waals surface area contributed by atoms with Gasteiger partial charge < -0.3 is 0 Å². The maximum Gasteiger partial charge on any atom is 0.146 e. The zero-order valence-corrected chi connectivity index (χ0v) is 10.6. The molecule has 0 N–H and O–H groups in total. The van der Waals surface area contributed by atoms with Crippen molar-refractivity contribution in [2.75, 3.05) is 6.54 Å². The second-order valence-corrected chi connectivity index (χ2v) is 3.87. The zero-order chi connectivity index (χ0) is 12.7. The van der Waals surface area contributed by atoms with Gasteiger partial charge in [0.2, 0.25) is 0 Å². The summed E-state index contributed by atoms with van der Waals surface area (Å²) in [5, 5.41) is 0. The van der Waals surface area contributed by atoms with Crippen molar-refractivity contribution in [2.24, 2.45) is 4.99 Å². The molecule has 17 heavy (non-hydrogen) atoms. The summed E-state index contributed by atoms with van der Waals surface area (Å²) in [7, 11) is 0. The van der Waals surface area contributed by atoms with E-state index in [4.69, 9.17) is 0 Å². The van der Waals surface area contributed by atoms with Gasteiger partial charge in [-0.1, -0.05) is 13.0 Å². The van der Waals surface area contributed by atoms with E-state index in [-0.39, 0.29) is 0 Å². The van der Waals surface area contributed by atoms with Crippen molar-refractivity contribution in [3.63, 3.8) is 0 Å². The maximum atomic E-state index is 10.8. The molecule has 0 unspecified atom stereocenters. The second-order valence-electron chi connectivity index (χ2n) is 3.87. The number of carbonyl (C=O) groups excluding carboxylic acids is 1. The van der Waals surface area contributed by atoms with Gasteiger partial charge in [0.05, 0.1) is 11.4 Å². The SMILES string of the molecule is CCCN=C(/C(C)=C(\C)C=O)c1ccccn1. The van der Waals surface area contributed by atoms with E-state index in [1.54, 1.807) is 13.1 Å². The topological polar surface area (TPSA) is 42.3 Å². The van der Waals surface area contributed by atoms with Gasteiger partial charge >= 0.3 is 0 Å². The first-order valence-electron chi connectivity index (χ1n) is 5.79. The van der Waals surface area contributed by atoms with Gasteiger partial charge in [-0.3, -0.25) is 14.8 Å². The largest absolute Gasteiger partial charge is 0.298 e. The molecule has 3 heteroatoms. The molecule has 0 aromatic carbocycles. The van der Waals surface area contributed by atoms with Crippen LogP contribution < -0.4 is 0 Å². The Hall–Kier alpha value is -1.77. The monoisotopic (exact) mass is 230 g/mol. The molecule has 0 atom stereocenters. The van der Waals surface area contributed by atoms with E-state index in [1.165, 1.54) is 0 Å². The third-order valence-electron chi connectivity index (χ3n) is 2.52. The number of allylic oxidation sites excluding steroid dienone is 2. The summed E-state index contributed by atoms with van der Waals surface area (Å²) in [6.07, 6.45) is 3.57. The van der Waals surface area contributed by atoms with E-state index < -0.39 is 0 Å². The molecule has 0 aliphatic rings. The van der Waals surface area contributed by atoms with E-state index in [1.807, 2.05) is 25.1 Å². The van der Waals surface area contributed by atoms with Crippen molar-refractivity contribution in [2.45, 2.75) is 27.2 Å². The normalized spacial score (nSPS) is 13.2. The number of nitrogens with zero attached hydrogens (tertiary/aromatic N) is 2. The number of rotatable bonds is 5. The summed E-state index contributed by atoms with van der Waals surface area (Å²) in [6, 6.07) is 5.70. The van der Waals surface area contributed by atoms with E-state index in [0.29, 0.717) is 5.57 Å². The van der Waals surface area contributed by atoms with Crippen LogP contribution in [0.15, 0.2) is 40.5 Å². The Morgan fingerprint density at radius 1 is 1.41 bits per heavy atom. The Morgan fingerprint density at radius 2 is 2.18 bits per heavy atom. The van der Waals surface area contributed by atoms with Gasteiger partial charge in [-0.25, -0.2) is 0 Å². The fraction of sp³-hybridized carbons (Fsp3) is 0.357. The van der Waals surface area contributed by atoms with Gasteiger partial charge in [0.15, 0.2) is 0 Å². The first-order chi connectivity index (χ1) is 8.20. The third-order valence-corrected chi connectivity index (χ3v) is 2.52. The minimum Gasteiger partial charge on any atom is -0.298 e. The summed E-state index contributed by atoms with van der Waals surface area (Å²) in [5.74, 6) is 0. The minimum atomic E-state index is 0.700. The van der Waals surface area contributed by atoms with Gasteiger partial charge in [-0.15, -0.1) is 0 Å². The Kier molecular flexibility index (Phi) is 5.27. The standard InChI is InChI=1S/C14H18N2O/c1-4-8-16-14(12(3)11(2)10-17)13-7-5-6-9-15-13/h5-7,9-10H,4,8H2,1-3H3/b12-11+,16-14?. The predicted octanol–water partition coefficient (Wildman–Crippen LogP) is 2.82. The molecule has 3 nitrogen and oxygen atoms in total. The van der Waals surface area contributed by atoms with E-state index in [2.05, 4.69) is 16.9 Å². The molecule has 0 aliphatic heterocycles. The average Bonchev–Trinajstić information content (AvgIpc) is 2.39. The fourth-order valence-corrected chi connectivity index (χ4v) is 1.39. The van der Waals surface area contributed by atoms with Crippen molar-refractivity contribution >= 4 is 12.0 Å². The Bertz CT molecular complexity index is 433. The highest BCUT2D eigenvalue weighted by molar-refractivity contribution is 6.13. The predicted molar refractivity (Wildman–Crippen MR) is 70.4 cm³/mol. The van der Waals surface area contributed by atoms with Gasteiger partial charge in [0.1, 0.15) is 6.29 Å². The molecule has 0 bridgehead atoms. The van der Waals surface area contributed by atoms with Gasteiger partial charge in [0, 0.05) is 12.7 Å². The van der Waals surface area contributed by atoms with E-state index >= 15 is 0 Å². The number of aldehydes is 1. The quantitative estimate of drug-likeness (QED) is 0.443. The van der Waals surface area contributed by atoms with Crippen LogP contribution in [0.5, 0.6) is 0 Å². The third kappa shape index (κ3) is 3.63. The van der Waals surface area contributed by atoms with Crippen LogP contribution in [0.1, 0.15) is 32.9 Å². The van der Waals surface area contributed by atoms with Crippen LogP contribution in [0.3, 0.4) is 0 Å². The second kappa shape index (κ2) is 6.74. The number of pyridine rings is 1. The Labute approximate surface area is 102 Å². The van der Waals surface area contributed by atoms with Gasteiger partial charge in [-0.05, 0) is 43.5 Å². The minimum absolute atomic E-state index is 0.700. The molecule has 0 fully saturated rings. The molecule has 1 rings (SSSR count). The van der Waals surface area contributed by atoms with Crippen LogP contribution in [0, 0.1) is 0 Å². The number of aliphatic imine (C=N–C) groups is 1. The van der Waals surface area contributed by atoms with Crippen LogP contribution in [0.2, 0.25) is 0 Å². The lowest BCUT2D eigenvalue weighted by Crippen LogP contribution is -2.08. The summed E-state index contributed by atoms with van der Waals surface area (Å²) in [5.41, 5.74) is 3.23. The number of aromatic nitrogens is 1. The van der Waals surface area contributed by atoms with Crippen molar-refractivity contribution in [3.05, 3.63) is 41.2 Å². The average molecular weight is 230 g/mol. The number of hydrogen-bond acceptors (Lipinski definition) is 3. The summed E-state index contributed by atoms with van der Waals surface area (Å²) < 4.78 is 0. The van der Waals surface area contributed by atoms with E-state index in [9.17, 15) is 4.79 Å². The lowest BCUT2D eigenvalue weighted by atomic mass is 10.0. The van der Waals surface area contributed by atoms with Crippen LogP contribution >= 0.6 is 0 Å².